The third kappa shape index (κ3) is 4.23. The highest BCUT2D eigenvalue weighted by atomic mass is 35.5. The highest BCUT2D eigenvalue weighted by molar-refractivity contribution is 6.30. The quantitative estimate of drug-likeness (QED) is 0.467. The summed E-state index contributed by atoms with van der Waals surface area (Å²) >= 11 is 6.09. The summed E-state index contributed by atoms with van der Waals surface area (Å²) in [6, 6.07) is 28.6. The van der Waals surface area contributed by atoms with Gasteiger partial charge in [-0.25, -0.2) is 4.68 Å². The van der Waals surface area contributed by atoms with Gasteiger partial charge in [-0.2, -0.15) is 5.10 Å². The smallest absolute Gasteiger partial charge is 0.270 e. The Hall–Kier alpha value is -3.37. The van der Waals surface area contributed by atoms with Gasteiger partial charge >= 0.3 is 0 Å². The van der Waals surface area contributed by atoms with Crippen molar-refractivity contribution < 1.29 is 4.79 Å². The van der Waals surface area contributed by atoms with Crippen molar-refractivity contribution in [2.45, 2.75) is 13.0 Å². The van der Waals surface area contributed by atoms with Crippen LogP contribution in [0.3, 0.4) is 0 Å². The zero-order valence-corrected chi connectivity index (χ0v) is 16.7. The third-order valence-corrected chi connectivity index (χ3v) is 4.94. The van der Waals surface area contributed by atoms with Gasteiger partial charge in [-0.05, 0) is 42.8 Å². The average molecular weight is 402 g/mol. The molecule has 1 N–H and O–H groups in total. The number of nitrogens with zero attached hydrogens (tertiary/aromatic N) is 2. The van der Waals surface area contributed by atoms with E-state index >= 15 is 0 Å². The zero-order valence-electron chi connectivity index (χ0n) is 15.9. The normalized spacial score (nSPS) is 11.8. The minimum Gasteiger partial charge on any atom is -0.344 e. The number of amides is 1. The van der Waals surface area contributed by atoms with Gasteiger partial charge in [-0.1, -0.05) is 72.3 Å². The van der Waals surface area contributed by atoms with Crippen LogP contribution >= 0.6 is 11.6 Å². The van der Waals surface area contributed by atoms with Crippen molar-refractivity contribution in [2.75, 3.05) is 0 Å². The van der Waals surface area contributed by atoms with Gasteiger partial charge in [0.05, 0.1) is 17.4 Å². The molecule has 3 aromatic carbocycles. The SMILES string of the molecule is C[C@@H](NC(=O)c1cc(-c2ccccc2)nn1-c1ccccc1)c1cccc(Cl)c1. The second-order valence-electron chi connectivity index (χ2n) is 6.78. The van der Waals surface area contributed by atoms with Crippen LogP contribution in [0, 0.1) is 0 Å². The van der Waals surface area contributed by atoms with E-state index in [4.69, 9.17) is 16.7 Å². The Morgan fingerprint density at radius 3 is 2.31 bits per heavy atom. The molecule has 0 bridgehead atoms. The Kier molecular flexibility index (Phi) is 5.45. The predicted octanol–water partition coefficient (Wildman–Crippen LogP) is 5.68. The van der Waals surface area contributed by atoms with Gasteiger partial charge in [0.25, 0.3) is 5.91 Å². The Morgan fingerprint density at radius 2 is 1.62 bits per heavy atom. The highest BCUT2D eigenvalue weighted by Crippen LogP contribution is 2.23. The van der Waals surface area contributed by atoms with Crippen LogP contribution in [-0.4, -0.2) is 15.7 Å². The summed E-state index contributed by atoms with van der Waals surface area (Å²) in [7, 11) is 0. The van der Waals surface area contributed by atoms with Crippen LogP contribution in [0.15, 0.2) is 91.0 Å². The number of aromatic nitrogens is 2. The predicted molar refractivity (Wildman–Crippen MR) is 116 cm³/mol. The van der Waals surface area contributed by atoms with Gasteiger partial charge < -0.3 is 5.32 Å². The van der Waals surface area contributed by atoms with Gasteiger partial charge in [-0.15, -0.1) is 0 Å². The fourth-order valence-corrected chi connectivity index (χ4v) is 3.39. The van der Waals surface area contributed by atoms with Gasteiger partial charge in [-0.3, -0.25) is 4.79 Å². The van der Waals surface area contributed by atoms with Crippen LogP contribution in [0.5, 0.6) is 0 Å². The van der Waals surface area contributed by atoms with Gasteiger partial charge in [0.15, 0.2) is 0 Å². The highest BCUT2D eigenvalue weighted by Gasteiger charge is 2.19. The molecule has 1 amide bonds. The van der Waals surface area contributed by atoms with E-state index in [1.54, 1.807) is 4.68 Å². The number of rotatable bonds is 5. The van der Waals surface area contributed by atoms with Crippen LogP contribution in [0.4, 0.5) is 0 Å². The molecule has 0 aliphatic carbocycles. The molecule has 0 aliphatic rings. The van der Waals surface area contributed by atoms with Crippen molar-refractivity contribution in [3.8, 4) is 16.9 Å². The van der Waals surface area contributed by atoms with E-state index in [0.29, 0.717) is 10.7 Å². The number of benzene rings is 3. The lowest BCUT2D eigenvalue weighted by Gasteiger charge is -2.15. The molecule has 5 heteroatoms. The van der Waals surface area contributed by atoms with Crippen LogP contribution in [0.2, 0.25) is 5.02 Å². The number of carbonyl (C=O) groups excluding carboxylic acids is 1. The third-order valence-electron chi connectivity index (χ3n) is 4.71. The second-order valence-corrected chi connectivity index (χ2v) is 7.21. The summed E-state index contributed by atoms with van der Waals surface area (Å²) < 4.78 is 1.68. The van der Waals surface area contributed by atoms with Crippen LogP contribution < -0.4 is 5.32 Å². The van der Waals surface area contributed by atoms with Gasteiger partial charge in [0.2, 0.25) is 0 Å². The lowest BCUT2D eigenvalue weighted by molar-refractivity contribution is 0.0932. The monoisotopic (exact) mass is 401 g/mol. The molecule has 1 aromatic heterocycles. The molecule has 0 aliphatic heterocycles. The van der Waals surface area contributed by atoms with Crippen molar-refractivity contribution in [3.05, 3.63) is 107 Å². The summed E-state index contributed by atoms with van der Waals surface area (Å²) in [5, 5.41) is 8.40. The molecule has 0 saturated carbocycles. The van der Waals surface area contributed by atoms with Crippen LogP contribution in [0.1, 0.15) is 29.0 Å². The van der Waals surface area contributed by atoms with E-state index in [2.05, 4.69) is 5.32 Å². The second kappa shape index (κ2) is 8.33. The summed E-state index contributed by atoms with van der Waals surface area (Å²) in [6.45, 7) is 1.94. The molecule has 1 atom stereocenters. The molecule has 0 spiro atoms. The molecule has 4 aromatic rings. The van der Waals surface area contributed by atoms with Crippen molar-refractivity contribution in [2.24, 2.45) is 0 Å². The van der Waals surface area contributed by atoms with Gasteiger partial charge in [0, 0.05) is 10.6 Å². The molecule has 29 heavy (non-hydrogen) atoms. The van der Waals surface area contributed by atoms with Crippen LogP contribution in [0.25, 0.3) is 16.9 Å². The standard InChI is InChI=1S/C24H20ClN3O/c1-17(19-11-8-12-20(25)15-19)26-24(29)23-16-22(18-9-4-2-5-10-18)27-28(23)21-13-6-3-7-14-21/h2-17H,1H3,(H,26,29)/t17-/m1/s1. The first kappa shape index (κ1) is 19.0. The molecule has 1 heterocycles. The van der Waals surface area contributed by atoms with E-state index in [0.717, 1.165) is 22.5 Å². The minimum absolute atomic E-state index is 0.194. The fraction of sp³-hybridized carbons (Fsp3) is 0.0833. The van der Waals surface area contributed by atoms with Crippen molar-refractivity contribution in [1.82, 2.24) is 15.1 Å². The van der Waals surface area contributed by atoms with E-state index in [1.165, 1.54) is 0 Å². The molecule has 0 unspecified atom stereocenters. The summed E-state index contributed by atoms with van der Waals surface area (Å²) in [5.74, 6) is -0.198. The molecule has 0 radical (unpaired) electrons. The summed E-state index contributed by atoms with van der Waals surface area (Å²) in [5.41, 5.74) is 3.95. The lowest BCUT2D eigenvalue weighted by atomic mass is 10.1. The molecular weight excluding hydrogens is 382 g/mol. The van der Waals surface area contributed by atoms with E-state index < -0.39 is 0 Å². The number of hydrogen-bond donors (Lipinski definition) is 1. The zero-order chi connectivity index (χ0) is 20.2. The maximum atomic E-state index is 13.1. The van der Waals surface area contributed by atoms with Gasteiger partial charge in [0.1, 0.15) is 5.69 Å². The molecule has 144 valence electrons. The van der Waals surface area contributed by atoms with E-state index in [-0.39, 0.29) is 11.9 Å². The largest absolute Gasteiger partial charge is 0.344 e. The fourth-order valence-electron chi connectivity index (χ4n) is 3.19. The van der Waals surface area contributed by atoms with Crippen molar-refractivity contribution in [1.29, 1.82) is 0 Å². The number of nitrogens with one attached hydrogen (secondary N) is 1. The minimum atomic E-state index is -0.198. The maximum Gasteiger partial charge on any atom is 0.270 e. The van der Waals surface area contributed by atoms with Crippen molar-refractivity contribution >= 4 is 17.5 Å². The summed E-state index contributed by atoms with van der Waals surface area (Å²) in [4.78, 5) is 13.1. The number of para-hydroxylation sites is 1. The molecule has 0 saturated heterocycles. The topological polar surface area (TPSA) is 46.9 Å². The molecule has 0 fully saturated rings. The van der Waals surface area contributed by atoms with Crippen LogP contribution in [-0.2, 0) is 0 Å². The van der Waals surface area contributed by atoms with E-state index in [9.17, 15) is 4.79 Å². The average Bonchev–Trinajstić information content (AvgIpc) is 3.21. The maximum absolute atomic E-state index is 13.1. The number of carbonyl (C=O) groups is 1. The molecule has 4 nitrogen and oxygen atoms in total. The Morgan fingerprint density at radius 1 is 0.931 bits per heavy atom. The molecule has 4 rings (SSSR count). The number of hydrogen-bond acceptors (Lipinski definition) is 2. The molecular formula is C24H20ClN3O. The Bertz CT molecular complexity index is 1120. The first-order valence-corrected chi connectivity index (χ1v) is 9.77. The number of halogens is 1. The lowest BCUT2D eigenvalue weighted by Crippen LogP contribution is -2.28. The summed E-state index contributed by atoms with van der Waals surface area (Å²) in [6.07, 6.45) is 0. The Balaban J connectivity index is 1.69. The van der Waals surface area contributed by atoms with Crippen molar-refractivity contribution in [3.63, 3.8) is 0 Å². The first-order chi connectivity index (χ1) is 14.1. The van der Waals surface area contributed by atoms with E-state index in [1.807, 2.05) is 97.9 Å². The first-order valence-electron chi connectivity index (χ1n) is 9.39. The Labute approximate surface area is 174 Å².